The lowest BCUT2D eigenvalue weighted by Gasteiger charge is -2.15. The number of halogens is 2. The fraction of sp³-hybridized carbons (Fsp3) is 0.176. The third-order valence-corrected chi connectivity index (χ3v) is 4.10. The summed E-state index contributed by atoms with van der Waals surface area (Å²) in [5.41, 5.74) is 7.10. The highest BCUT2D eigenvalue weighted by Gasteiger charge is 2.18. The summed E-state index contributed by atoms with van der Waals surface area (Å²) in [5, 5.41) is 6.98. The first-order chi connectivity index (χ1) is 12.3. The van der Waals surface area contributed by atoms with Gasteiger partial charge in [-0.15, -0.1) is 0 Å². The van der Waals surface area contributed by atoms with Gasteiger partial charge in [-0.3, -0.25) is 5.32 Å². The second-order valence-electron chi connectivity index (χ2n) is 5.88. The molecule has 0 fully saturated rings. The van der Waals surface area contributed by atoms with Gasteiger partial charge in [0, 0.05) is 28.8 Å². The molecule has 0 saturated carbocycles. The molecule has 3 rings (SSSR count). The van der Waals surface area contributed by atoms with Crippen LogP contribution >= 0.6 is 23.2 Å². The Hall–Kier alpha value is -2.64. The van der Waals surface area contributed by atoms with E-state index < -0.39 is 6.03 Å². The van der Waals surface area contributed by atoms with Crippen molar-refractivity contribution in [3.8, 4) is 11.1 Å². The first-order valence-corrected chi connectivity index (χ1v) is 8.56. The van der Waals surface area contributed by atoms with E-state index in [4.69, 9.17) is 28.9 Å². The zero-order chi connectivity index (χ0) is 18.8. The molecule has 0 radical (unpaired) electrons. The van der Waals surface area contributed by atoms with Gasteiger partial charge in [0.15, 0.2) is 5.65 Å². The van der Waals surface area contributed by atoms with Crippen LogP contribution in [-0.2, 0) is 0 Å². The average Bonchev–Trinajstić information content (AvgIpc) is 2.54. The van der Waals surface area contributed by atoms with Crippen LogP contribution in [0.1, 0.15) is 13.8 Å². The lowest BCUT2D eigenvalue weighted by atomic mass is 10.0. The van der Waals surface area contributed by atoms with E-state index in [1.54, 1.807) is 30.5 Å². The minimum atomic E-state index is -0.404. The van der Waals surface area contributed by atoms with Crippen molar-refractivity contribution in [2.24, 2.45) is 0 Å². The summed E-state index contributed by atoms with van der Waals surface area (Å²) < 4.78 is 0. The lowest BCUT2D eigenvalue weighted by molar-refractivity contribution is 0.250. The first kappa shape index (κ1) is 18.2. The van der Waals surface area contributed by atoms with Crippen molar-refractivity contribution in [3.63, 3.8) is 0 Å². The number of hydrogen-bond donors (Lipinski definition) is 3. The summed E-state index contributed by atoms with van der Waals surface area (Å²) in [5.74, 6) is 0.356. The Kier molecular flexibility index (Phi) is 5.11. The molecule has 2 aromatic heterocycles. The van der Waals surface area contributed by atoms with Gasteiger partial charge in [-0.25, -0.2) is 14.8 Å². The number of benzene rings is 1. The van der Waals surface area contributed by atoms with Gasteiger partial charge in [0.05, 0.1) is 10.0 Å². The molecule has 0 aliphatic heterocycles. The van der Waals surface area contributed by atoms with Gasteiger partial charge in [-0.1, -0.05) is 29.3 Å². The molecule has 0 atom stereocenters. The first-order valence-electron chi connectivity index (χ1n) is 7.80. The van der Waals surface area contributed by atoms with Crippen molar-refractivity contribution < 1.29 is 4.79 Å². The average molecular weight is 391 g/mol. The SMILES string of the molecule is CC(C)NC(=O)Nc1nc2nc(N)ncc2cc1-c1c(Cl)cccc1Cl. The highest BCUT2D eigenvalue weighted by atomic mass is 35.5. The number of nitrogen functional groups attached to an aromatic ring is 1. The molecule has 9 heteroatoms. The maximum absolute atomic E-state index is 12.2. The van der Waals surface area contributed by atoms with Crippen molar-refractivity contribution in [1.29, 1.82) is 0 Å². The normalized spacial score (nSPS) is 11.0. The van der Waals surface area contributed by atoms with Crippen LogP contribution in [0.15, 0.2) is 30.5 Å². The number of rotatable bonds is 3. The Labute approximate surface area is 159 Å². The zero-order valence-corrected chi connectivity index (χ0v) is 15.6. The molecule has 0 unspecified atom stereocenters. The fourth-order valence-corrected chi connectivity index (χ4v) is 3.02. The molecular formula is C17H16Cl2N6O. The predicted octanol–water partition coefficient (Wildman–Crippen LogP) is 4.11. The number of carbonyl (C=O) groups is 1. The van der Waals surface area contributed by atoms with E-state index in [1.807, 2.05) is 13.8 Å². The largest absolute Gasteiger partial charge is 0.368 e. The minimum Gasteiger partial charge on any atom is -0.368 e. The Morgan fingerprint density at radius 3 is 2.54 bits per heavy atom. The van der Waals surface area contributed by atoms with Crippen LogP contribution in [-0.4, -0.2) is 27.0 Å². The topological polar surface area (TPSA) is 106 Å². The molecule has 3 aromatic rings. The lowest BCUT2D eigenvalue weighted by Crippen LogP contribution is -2.34. The highest BCUT2D eigenvalue weighted by molar-refractivity contribution is 6.39. The number of hydrogen-bond acceptors (Lipinski definition) is 5. The number of aromatic nitrogens is 3. The molecule has 134 valence electrons. The Balaban J connectivity index is 2.20. The van der Waals surface area contributed by atoms with Gasteiger partial charge in [0.1, 0.15) is 5.82 Å². The summed E-state index contributed by atoms with van der Waals surface area (Å²) in [6.45, 7) is 3.71. The van der Waals surface area contributed by atoms with Gasteiger partial charge in [-0.2, -0.15) is 4.98 Å². The number of amides is 2. The van der Waals surface area contributed by atoms with E-state index in [9.17, 15) is 4.79 Å². The number of fused-ring (bicyclic) bond motifs is 1. The summed E-state index contributed by atoms with van der Waals surface area (Å²) in [6, 6.07) is 6.48. The van der Waals surface area contributed by atoms with Crippen molar-refractivity contribution in [2.45, 2.75) is 19.9 Å². The second kappa shape index (κ2) is 7.31. The Morgan fingerprint density at radius 2 is 1.88 bits per heavy atom. The van der Waals surface area contributed by atoms with Crippen molar-refractivity contribution in [3.05, 3.63) is 40.5 Å². The van der Waals surface area contributed by atoms with E-state index in [2.05, 4.69) is 25.6 Å². The van der Waals surface area contributed by atoms with E-state index in [-0.39, 0.29) is 17.8 Å². The van der Waals surface area contributed by atoms with Gasteiger partial charge in [0.2, 0.25) is 5.95 Å². The molecular weight excluding hydrogens is 375 g/mol. The molecule has 0 spiro atoms. The molecule has 7 nitrogen and oxygen atoms in total. The van der Waals surface area contributed by atoms with Crippen LogP contribution in [0.4, 0.5) is 16.6 Å². The molecule has 4 N–H and O–H groups in total. The number of anilines is 2. The van der Waals surface area contributed by atoms with Gasteiger partial charge in [0.25, 0.3) is 0 Å². The number of nitrogens with two attached hydrogens (primary N) is 1. The monoisotopic (exact) mass is 390 g/mol. The fourth-order valence-electron chi connectivity index (χ4n) is 2.42. The summed E-state index contributed by atoms with van der Waals surface area (Å²) in [6.07, 6.45) is 1.55. The quantitative estimate of drug-likeness (QED) is 0.623. The molecule has 0 aliphatic carbocycles. The van der Waals surface area contributed by atoms with Crippen LogP contribution in [0.25, 0.3) is 22.2 Å². The number of carbonyl (C=O) groups excluding carboxylic acids is 1. The van der Waals surface area contributed by atoms with Gasteiger partial charge < -0.3 is 11.1 Å². The van der Waals surface area contributed by atoms with Crippen LogP contribution in [0.5, 0.6) is 0 Å². The van der Waals surface area contributed by atoms with Crippen LogP contribution in [0.3, 0.4) is 0 Å². The molecule has 26 heavy (non-hydrogen) atoms. The number of nitrogens with zero attached hydrogens (tertiary/aromatic N) is 3. The molecule has 1 aromatic carbocycles. The van der Waals surface area contributed by atoms with Gasteiger partial charge >= 0.3 is 6.03 Å². The summed E-state index contributed by atoms with van der Waals surface area (Å²) >= 11 is 12.7. The van der Waals surface area contributed by atoms with Crippen molar-refractivity contribution in [1.82, 2.24) is 20.3 Å². The Morgan fingerprint density at radius 1 is 1.19 bits per heavy atom. The minimum absolute atomic E-state index is 0.0409. The van der Waals surface area contributed by atoms with Crippen molar-refractivity contribution >= 4 is 52.0 Å². The van der Waals surface area contributed by atoms with Crippen LogP contribution in [0.2, 0.25) is 10.0 Å². The Bertz CT molecular complexity index is 972. The zero-order valence-electron chi connectivity index (χ0n) is 14.0. The number of nitrogens with one attached hydrogen (secondary N) is 2. The smallest absolute Gasteiger partial charge is 0.320 e. The maximum atomic E-state index is 12.2. The summed E-state index contributed by atoms with van der Waals surface area (Å²) in [4.78, 5) is 24.7. The summed E-state index contributed by atoms with van der Waals surface area (Å²) in [7, 11) is 0. The predicted molar refractivity (Wildman–Crippen MR) is 104 cm³/mol. The van der Waals surface area contributed by atoms with Gasteiger partial charge in [-0.05, 0) is 32.0 Å². The second-order valence-corrected chi connectivity index (χ2v) is 6.69. The molecule has 0 bridgehead atoms. The van der Waals surface area contributed by atoms with E-state index in [0.717, 1.165) is 0 Å². The van der Waals surface area contributed by atoms with E-state index in [1.165, 1.54) is 0 Å². The third kappa shape index (κ3) is 3.79. The van der Waals surface area contributed by atoms with Crippen molar-refractivity contribution in [2.75, 3.05) is 11.1 Å². The maximum Gasteiger partial charge on any atom is 0.320 e. The van der Waals surface area contributed by atoms with Crippen LogP contribution in [0, 0.1) is 0 Å². The third-order valence-electron chi connectivity index (χ3n) is 3.47. The molecule has 2 amide bonds. The standard InChI is InChI=1S/C17H16Cl2N6O/c1-8(2)22-17(26)25-15-10(13-11(18)4-3-5-12(13)19)6-9-7-21-16(20)24-14(9)23-15/h3-8H,1-2H3,(H4,20,21,22,23,24,25,26). The van der Waals surface area contributed by atoms with Crippen LogP contribution < -0.4 is 16.4 Å². The highest BCUT2D eigenvalue weighted by Crippen LogP contribution is 2.39. The number of urea groups is 1. The molecule has 0 saturated heterocycles. The number of pyridine rings is 1. The van der Waals surface area contributed by atoms with E-state index >= 15 is 0 Å². The molecule has 0 aliphatic rings. The molecule has 2 heterocycles. The van der Waals surface area contributed by atoms with E-state index in [0.29, 0.717) is 32.2 Å².